The molecule has 0 saturated carbocycles. The van der Waals surface area contributed by atoms with Crippen LogP contribution in [0.5, 0.6) is 5.75 Å². The molecule has 0 atom stereocenters. The van der Waals surface area contributed by atoms with Crippen molar-refractivity contribution >= 4 is 21.6 Å². The Morgan fingerprint density at radius 1 is 1.12 bits per heavy atom. The zero-order valence-electron chi connectivity index (χ0n) is 8.39. The molecular weight excluding hydrogens is 270 g/mol. The molecule has 0 bridgehead atoms. The summed E-state index contributed by atoms with van der Waals surface area (Å²) in [6.07, 6.45) is 3.42. The van der Waals surface area contributed by atoms with Crippen LogP contribution in [0.25, 0.3) is 0 Å². The van der Waals surface area contributed by atoms with Crippen LogP contribution in [0.2, 0.25) is 0 Å². The van der Waals surface area contributed by atoms with Gasteiger partial charge in [-0.2, -0.15) is 0 Å². The molecule has 0 aliphatic heterocycles. The standard InChI is InChI=1S/C11H10BrN3O/c12-8-5-14-11(15-6-8)7-13-9-1-3-10(16)4-2-9/h1-6,13,16H,7H2. The van der Waals surface area contributed by atoms with Gasteiger partial charge in [-0.1, -0.05) is 0 Å². The van der Waals surface area contributed by atoms with E-state index in [9.17, 15) is 0 Å². The van der Waals surface area contributed by atoms with Gasteiger partial charge in [-0.25, -0.2) is 9.97 Å². The van der Waals surface area contributed by atoms with Crippen molar-refractivity contribution in [3.05, 3.63) is 47.0 Å². The summed E-state index contributed by atoms with van der Waals surface area (Å²) in [6.45, 7) is 0.554. The highest BCUT2D eigenvalue weighted by molar-refractivity contribution is 9.10. The summed E-state index contributed by atoms with van der Waals surface area (Å²) in [4.78, 5) is 8.28. The number of aromatic nitrogens is 2. The molecule has 2 aromatic rings. The molecule has 0 radical (unpaired) electrons. The molecule has 0 unspecified atom stereocenters. The van der Waals surface area contributed by atoms with Crippen LogP contribution in [0.1, 0.15) is 5.82 Å². The number of phenols is 1. The summed E-state index contributed by atoms with van der Waals surface area (Å²) in [6, 6.07) is 6.86. The van der Waals surface area contributed by atoms with E-state index in [-0.39, 0.29) is 5.75 Å². The normalized spacial score (nSPS) is 10.1. The van der Waals surface area contributed by atoms with Crippen molar-refractivity contribution in [1.29, 1.82) is 0 Å². The summed E-state index contributed by atoms with van der Waals surface area (Å²) in [7, 11) is 0. The minimum Gasteiger partial charge on any atom is -0.508 e. The van der Waals surface area contributed by atoms with Gasteiger partial charge in [-0.05, 0) is 40.2 Å². The van der Waals surface area contributed by atoms with E-state index in [1.54, 1.807) is 36.7 Å². The fraction of sp³-hybridized carbons (Fsp3) is 0.0909. The molecule has 1 heterocycles. The average Bonchev–Trinajstić information content (AvgIpc) is 2.30. The lowest BCUT2D eigenvalue weighted by molar-refractivity contribution is 0.475. The Bertz CT molecular complexity index is 410. The molecule has 5 heteroatoms. The van der Waals surface area contributed by atoms with Crippen molar-refractivity contribution in [2.45, 2.75) is 6.54 Å². The van der Waals surface area contributed by atoms with Crippen LogP contribution in [-0.2, 0) is 6.54 Å². The number of hydrogen-bond donors (Lipinski definition) is 2. The maximum atomic E-state index is 9.11. The first-order valence-electron chi connectivity index (χ1n) is 4.73. The predicted molar refractivity (Wildman–Crippen MR) is 65.2 cm³/mol. The van der Waals surface area contributed by atoms with Gasteiger partial charge >= 0.3 is 0 Å². The smallest absolute Gasteiger partial charge is 0.147 e. The average molecular weight is 280 g/mol. The van der Waals surface area contributed by atoms with E-state index in [2.05, 4.69) is 31.2 Å². The highest BCUT2D eigenvalue weighted by atomic mass is 79.9. The molecule has 2 rings (SSSR count). The van der Waals surface area contributed by atoms with Crippen LogP contribution in [-0.4, -0.2) is 15.1 Å². The quantitative estimate of drug-likeness (QED) is 0.848. The topological polar surface area (TPSA) is 58.0 Å². The molecule has 4 nitrogen and oxygen atoms in total. The van der Waals surface area contributed by atoms with Gasteiger partial charge in [0.1, 0.15) is 11.6 Å². The van der Waals surface area contributed by atoms with Crippen molar-refractivity contribution in [2.24, 2.45) is 0 Å². The molecule has 16 heavy (non-hydrogen) atoms. The van der Waals surface area contributed by atoms with Gasteiger partial charge in [0.2, 0.25) is 0 Å². The fourth-order valence-corrected chi connectivity index (χ4v) is 1.40. The second kappa shape index (κ2) is 4.94. The molecule has 2 N–H and O–H groups in total. The zero-order valence-corrected chi connectivity index (χ0v) is 9.98. The van der Waals surface area contributed by atoms with E-state index in [1.807, 2.05) is 0 Å². The van der Waals surface area contributed by atoms with Crippen LogP contribution < -0.4 is 5.32 Å². The molecule has 0 amide bonds. The van der Waals surface area contributed by atoms with E-state index < -0.39 is 0 Å². The van der Waals surface area contributed by atoms with Crippen molar-refractivity contribution in [2.75, 3.05) is 5.32 Å². The summed E-state index contributed by atoms with van der Waals surface area (Å²) >= 11 is 3.28. The van der Waals surface area contributed by atoms with E-state index in [0.29, 0.717) is 6.54 Å². The predicted octanol–water partition coefficient (Wildman–Crippen LogP) is 2.56. The molecule has 1 aromatic heterocycles. The largest absolute Gasteiger partial charge is 0.508 e. The van der Waals surface area contributed by atoms with Gasteiger partial charge in [0.05, 0.1) is 11.0 Å². The zero-order chi connectivity index (χ0) is 11.4. The lowest BCUT2D eigenvalue weighted by Crippen LogP contribution is -2.03. The van der Waals surface area contributed by atoms with E-state index in [1.165, 1.54) is 0 Å². The maximum absolute atomic E-state index is 9.11. The van der Waals surface area contributed by atoms with Crippen molar-refractivity contribution in [3.8, 4) is 5.75 Å². The van der Waals surface area contributed by atoms with Gasteiger partial charge in [-0.3, -0.25) is 0 Å². The second-order valence-electron chi connectivity index (χ2n) is 3.22. The Morgan fingerprint density at radius 3 is 2.38 bits per heavy atom. The van der Waals surface area contributed by atoms with Crippen LogP contribution in [0.3, 0.4) is 0 Å². The van der Waals surface area contributed by atoms with Crippen molar-refractivity contribution in [1.82, 2.24) is 9.97 Å². The van der Waals surface area contributed by atoms with Gasteiger partial charge in [-0.15, -0.1) is 0 Å². The summed E-state index contributed by atoms with van der Waals surface area (Å²) in [5.74, 6) is 0.974. The minimum absolute atomic E-state index is 0.255. The summed E-state index contributed by atoms with van der Waals surface area (Å²) in [5.41, 5.74) is 0.921. The number of hydrogen-bond acceptors (Lipinski definition) is 4. The Balaban J connectivity index is 1.97. The van der Waals surface area contributed by atoms with E-state index >= 15 is 0 Å². The number of nitrogens with one attached hydrogen (secondary N) is 1. The van der Waals surface area contributed by atoms with Gasteiger partial charge in [0.25, 0.3) is 0 Å². The number of aromatic hydroxyl groups is 1. The van der Waals surface area contributed by atoms with E-state index in [0.717, 1.165) is 16.0 Å². The van der Waals surface area contributed by atoms with Crippen LogP contribution in [0.15, 0.2) is 41.1 Å². The molecule has 82 valence electrons. The Labute approximate surface area is 102 Å². The van der Waals surface area contributed by atoms with Gasteiger partial charge in [0, 0.05) is 18.1 Å². The Kier molecular flexibility index (Phi) is 3.36. The number of rotatable bonds is 3. The van der Waals surface area contributed by atoms with E-state index in [4.69, 9.17) is 5.11 Å². The monoisotopic (exact) mass is 279 g/mol. The number of benzene rings is 1. The second-order valence-corrected chi connectivity index (χ2v) is 4.13. The molecule has 0 saturated heterocycles. The number of halogens is 1. The Hall–Kier alpha value is -1.62. The SMILES string of the molecule is Oc1ccc(NCc2ncc(Br)cn2)cc1. The number of nitrogens with zero attached hydrogens (tertiary/aromatic N) is 2. The van der Waals surface area contributed by atoms with Crippen LogP contribution in [0, 0.1) is 0 Å². The molecular formula is C11H10BrN3O. The maximum Gasteiger partial charge on any atom is 0.147 e. The van der Waals surface area contributed by atoms with Crippen LogP contribution in [0.4, 0.5) is 5.69 Å². The number of anilines is 1. The first-order chi connectivity index (χ1) is 7.74. The number of phenolic OH excluding ortho intramolecular Hbond substituents is 1. The molecule has 0 aliphatic rings. The highest BCUT2D eigenvalue weighted by Gasteiger charge is 1.97. The van der Waals surface area contributed by atoms with Gasteiger partial charge in [0.15, 0.2) is 0 Å². The lowest BCUT2D eigenvalue weighted by Gasteiger charge is -2.05. The molecule has 0 fully saturated rings. The first kappa shape index (κ1) is 10.9. The third kappa shape index (κ3) is 2.93. The van der Waals surface area contributed by atoms with Gasteiger partial charge < -0.3 is 10.4 Å². The van der Waals surface area contributed by atoms with Crippen molar-refractivity contribution in [3.63, 3.8) is 0 Å². The minimum atomic E-state index is 0.255. The molecule has 0 aliphatic carbocycles. The third-order valence-corrected chi connectivity index (χ3v) is 2.40. The third-order valence-electron chi connectivity index (χ3n) is 1.99. The summed E-state index contributed by atoms with van der Waals surface area (Å²) < 4.78 is 0.862. The highest BCUT2D eigenvalue weighted by Crippen LogP contribution is 2.14. The van der Waals surface area contributed by atoms with Crippen molar-refractivity contribution < 1.29 is 5.11 Å². The summed E-state index contributed by atoms with van der Waals surface area (Å²) in [5, 5.41) is 12.3. The Morgan fingerprint density at radius 2 is 1.75 bits per heavy atom. The molecule has 1 aromatic carbocycles. The molecule has 0 spiro atoms. The van der Waals surface area contributed by atoms with Crippen LogP contribution >= 0.6 is 15.9 Å². The first-order valence-corrected chi connectivity index (χ1v) is 5.53. The fourth-order valence-electron chi connectivity index (χ4n) is 1.19. The lowest BCUT2D eigenvalue weighted by atomic mass is 10.3.